The first-order valence-electron chi connectivity index (χ1n) is 7.33. The molecule has 0 bridgehead atoms. The minimum absolute atomic E-state index is 0.00162. The molecule has 0 unspecified atom stereocenters. The summed E-state index contributed by atoms with van der Waals surface area (Å²) < 4.78 is 5.74. The number of carbonyl (C=O) groups excluding carboxylic acids is 1. The highest BCUT2D eigenvalue weighted by Gasteiger charge is 2.27. The Bertz CT molecular complexity index is 450. The van der Waals surface area contributed by atoms with E-state index in [9.17, 15) is 4.79 Å². The maximum atomic E-state index is 11.9. The van der Waals surface area contributed by atoms with Crippen LogP contribution in [0.25, 0.3) is 0 Å². The third-order valence-corrected chi connectivity index (χ3v) is 3.59. The number of hydrogen-bond acceptors (Lipinski definition) is 5. The van der Waals surface area contributed by atoms with Gasteiger partial charge in [0, 0.05) is 31.2 Å². The molecule has 21 heavy (non-hydrogen) atoms. The van der Waals surface area contributed by atoms with E-state index in [2.05, 4.69) is 15.6 Å². The van der Waals surface area contributed by atoms with Crippen LogP contribution >= 0.6 is 0 Å². The van der Waals surface area contributed by atoms with E-state index in [0.717, 1.165) is 24.4 Å². The van der Waals surface area contributed by atoms with E-state index < -0.39 is 0 Å². The summed E-state index contributed by atoms with van der Waals surface area (Å²) in [6.07, 6.45) is 2.51. The average Bonchev–Trinajstić information content (AvgIpc) is 2.52. The molecule has 1 saturated heterocycles. The molecule has 0 saturated carbocycles. The second-order valence-corrected chi connectivity index (χ2v) is 5.42. The number of hydrogen-bond donors (Lipinski definition) is 3. The first-order chi connectivity index (χ1) is 10.2. The van der Waals surface area contributed by atoms with Crippen molar-refractivity contribution >= 4 is 5.91 Å². The largest absolute Gasteiger partial charge is 0.492 e. The van der Waals surface area contributed by atoms with Gasteiger partial charge < -0.3 is 20.5 Å². The summed E-state index contributed by atoms with van der Waals surface area (Å²) in [5, 5.41) is 14.7. The summed E-state index contributed by atoms with van der Waals surface area (Å²) in [5.74, 6) is 0.991. The second-order valence-electron chi connectivity index (χ2n) is 5.42. The van der Waals surface area contributed by atoms with Gasteiger partial charge >= 0.3 is 0 Å². The van der Waals surface area contributed by atoms with E-state index in [1.54, 1.807) is 6.20 Å². The zero-order valence-corrected chi connectivity index (χ0v) is 12.3. The van der Waals surface area contributed by atoms with Crippen LogP contribution in [0.15, 0.2) is 18.3 Å². The molecular formula is C15H23N3O3. The minimum Gasteiger partial charge on any atom is -0.492 e. The number of amides is 1. The van der Waals surface area contributed by atoms with Crippen LogP contribution in [-0.4, -0.2) is 48.8 Å². The molecule has 0 spiro atoms. The average molecular weight is 293 g/mol. The lowest BCUT2D eigenvalue weighted by Crippen LogP contribution is -2.45. The van der Waals surface area contributed by atoms with Gasteiger partial charge in [-0.1, -0.05) is 0 Å². The molecule has 2 rings (SSSR count). The fourth-order valence-corrected chi connectivity index (χ4v) is 2.43. The predicted octanol–water partition coefficient (Wildman–Crippen LogP) is 0.103. The molecule has 1 aliphatic rings. The van der Waals surface area contributed by atoms with Crippen LogP contribution < -0.4 is 15.4 Å². The second kappa shape index (κ2) is 7.95. The molecule has 1 aromatic rings. The Morgan fingerprint density at radius 2 is 2.38 bits per heavy atom. The van der Waals surface area contributed by atoms with Gasteiger partial charge in [0.15, 0.2) is 0 Å². The molecule has 1 fully saturated rings. The molecule has 0 radical (unpaired) electrons. The van der Waals surface area contributed by atoms with Crippen molar-refractivity contribution in [3.63, 3.8) is 0 Å². The number of piperidine rings is 1. The first kappa shape index (κ1) is 15.7. The van der Waals surface area contributed by atoms with Crippen LogP contribution in [0.1, 0.15) is 12.1 Å². The molecule has 3 N–H and O–H groups in total. The molecule has 0 aromatic carbocycles. The topological polar surface area (TPSA) is 83.5 Å². The smallest absolute Gasteiger partial charge is 0.224 e. The Labute approximate surface area is 124 Å². The Hall–Kier alpha value is -1.66. The van der Waals surface area contributed by atoms with Gasteiger partial charge in [0.25, 0.3) is 0 Å². The molecule has 1 aliphatic heterocycles. The quantitative estimate of drug-likeness (QED) is 0.693. The lowest BCUT2D eigenvalue weighted by Gasteiger charge is -2.29. The summed E-state index contributed by atoms with van der Waals surface area (Å²) in [6.45, 7) is 4.32. The van der Waals surface area contributed by atoms with Crippen molar-refractivity contribution in [2.75, 3.05) is 32.8 Å². The van der Waals surface area contributed by atoms with Crippen molar-refractivity contribution in [1.82, 2.24) is 15.6 Å². The van der Waals surface area contributed by atoms with Gasteiger partial charge in [-0.15, -0.1) is 0 Å². The zero-order chi connectivity index (χ0) is 15.1. The van der Waals surface area contributed by atoms with Crippen molar-refractivity contribution in [3.8, 4) is 5.75 Å². The van der Waals surface area contributed by atoms with Gasteiger partial charge in [-0.2, -0.15) is 0 Å². The van der Waals surface area contributed by atoms with Gasteiger partial charge in [0.05, 0.1) is 25.3 Å². The highest BCUT2D eigenvalue weighted by atomic mass is 16.5. The Morgan fingerprint density at radius 3 is 3.10 bits per heavy atom. The number of carbonyl (C=O) groups is 1. The molecule has 1 amide bonds. The van der Waals surface area contributed by atoms with Crippen molar-refractivity contribution in [1.29, 1.82) is 0 Å². The maximum Gasteiger partial charge on any atom is 0.224 e. The van der Waals surface area contributed by atoms with Crippen LogP contribution in [0.2, 0.25) is 0 Å². The minimum atomic E-state index is -0.0601. The number of nitrogens with zero attached hydrogens (tertiary/aromatic N) is 1. The van der Waals surface area contributed by atoms with Gasteiger partial charge in [-0.3, -0.25) is 9.78 Å². The molecule has 2 atom stereocenters. The standard InChI is InChI=1S/C15H23N3O3/c1-11-2-3-14(9-18-11)21-10-12-6-13(8-16-7-12)15(20)17-4-5-19/h2-3,9,12-13,16,19H,4-8,10H2,1H3,(H,17,20)/t12-,13+/m0/s1. The Balaban J connectivity index is 1.78. The molecular weight excluding hydrogens is 270 g/mol. The lowest BCUT2D eigenvalue weighted by atomic mass is 9.90. The zero-order valence-electron chi connectivity index (χ0n) is 12.3. The number of aliphatic hydroxyl groups excluding tert-OH is 1. The number of aliphatic hydroxyl groups is 1. The van der Waals surface area contributed by atoms with Crippen molar-refractivity contribution in [3.05, 3.63) is 24.0 Å². The molecule has 1 aromatic heterocycles. The molecule has 6 heteroatoms. The molecule has 116 valence electrons. The Kier molecular flexibility index (Phi) is 5.95. The predicted molar refractivity (Wildman–Crippen MR) is 79.0 cm³/mol. The monoisotopic (exact) mass is 293 g/mol. The van der Waals surface area contributed by atoms with Gasteiger partial charge in [0.2, 0.25) is 5.91 Å². The van der Waals surface area contributed by atoms with Gasteiger partial charge in [0.1, 0.15) is 5.75 Å². The van der Waals surface area contributed by atoms with Crippen LogP contribution in [0.4, 0.5) is 0 Å². The van der Waals surface area contributed by atoms with E-state index in [0.29, 0.717) is 25.6 Å². The van der Waals surface area contributed by atoms with E-state index in [1.165, 1.54) is 0 Å². The number of rotatable bonds is 6. The highest BCUT2D eigenvalue weighted by molar-refractivity contribution is 5.79. The molecule has 2 heterocycles. The fraction of sp³-hybridized carbons (Fsp3) is 0.600. The normalized spacial score (nSPS) is 21.8. The van der Waals surface area contributed by atoms with E-state index in [1.807, 2.05) is 19.1 Å². The maximum absolute atomic E-state index is 11.9. The number of ether oxygens (including phenoxy) is 1. The third-order valence-electron chi connectivity index (χ3n) is 3.59. The number of aryl methyl sites for hydroxylation is 1. The first-order valence-corrected chi connectivity index (χ1v) is 7.33. The summed E-state index contributed by atoms with van der Waals surface area (Å²) in [6, 6.07) is 3.82. The number of nitrogens with one attached hydrogen (secondary N) is 2. The number of aromatic nitrogens is 1. The van der Waals surface area contributed by atoms with Gasteiger partial charge in [-0.05, 0) is 25.5 Å². The summed E-state index contributed by atoms with van der Waals surface area (Å²) in [7, 11) is 0. The SMILES string of the molecule is Cc1ccc(OC[C@@H]2CNC[C@H](C(=O)NCCO)C2)cn1. The van der Waals surface area contributed by atoms with Crippen LogP contribution in [0.3, 0.4) is 0 Å². The Morgan fingerprint density at radius 1 is 1.52 bits per heavy atom. The molecule has 6 nitrogen and oxygen atoms in total. The van der Waals surface area contributed by atoms with Crippen LogP contribution in [-0.2, 0) is 4.79 Å². The number of pyridine rings is 1. The van der Waals surface area contributed by atoms with Crippen molar-refractivity contribution in [2.45, 2.75) is 13.3 Å². The van der Waals surface area contributed by atoms with Crippen molar-refractivity contribution in [2.24, 2.45) is 11.8 Å². The lowest BCUT2D eigenvalue weighted by molar-refractivity contribution is -0.126. The van der Waals surface area contributed by atoms with Crippen LogP contribution in [0.5, 0.6) is 5.75 Å². The summed E-state index contributed by atoms with van der Waals surface area (Å²) in [4.78, 5) is 16.1. The van der Waals surface area contributed by atoms with E-state index >= 15 is 0 Å². The van der Waals surface area contributed by atoms with Crippen LogP contribution in [0, 0.1) is 18.8 Å². The highest BCUT2D eigenvalue weighted by Crippen LogP contribution is 2.18. The van der Waals surface area contributed by atoms with Gasteiger partial charge in [-0.25, -0.2) is 0 Å². The summed E-state index contributed by atoms with van der Waals surface area (Å²) >= 11 is 0. The fourth-order valence-electron chi connectivity index (χ4n) is 2.43. The summed E-state index contributed by atoms with van der Waals surface area (Å²) in [5.41, 5.74) is 0.960. The van der Waals surface area contributed by atoms with E-state index in [4.69, 9.17) is 9.84 Å². The molecule has 0 aliphatic carbocycles. The third kappa shape index (κ3) is 4.99. The van der Waals surface area contributed by atoms with Crippen molar-refractivity contribution < 1.29 is 14.6 Å². The van der Waals surface area contributed by atoms with E-state index in [-0.39, 0.29) is 18.4 Å².